The van der Waals surface area contributed by atoms with Crippen LogP contribution in [0.15, 0.2) is 66.3 Å². The Morgan fingerprint density at radius 1 is 0.818 bits per heavy atom. The Kier molecular flexibility index (Phi) is 3.24. The molecular weight excluding hydrogens is 290 g/mol. The van der Waals surface area contributed by atoms with Gasteiger partial charge in [0.2, 0.25) is 5.16 Å². The van der Waals surface area contributed by atoms with E-state index in [2.05, 4.69) is 53.2 Å². The summed E-state index contributed by atoms with van der Waals surface area (Å²) in [4.78, 5) is 4.73. The van der Waals surface area contributed by atoms with Crippen LogP contribution in [-0.2, 0) is 0 Å². The Bertz CT molecular complexity index is 976. The lowest BCUT2D eigenvalue weighted by molar-refractivity contribution is 0.885. The van der Waals surface area contributed by atoms with Crippen molar-refractivity contribution >= 4 is 44.3 Å². The van der Waals surface area contributed by atoms with E-state index in [-0.39, 0.29) is 0 Å². The Hall–Kier alpha value is -2.46. The van der Waals surface area contributed by atoms with Crippen LogP contribution in [-0.4, -0.2) is 20.9 Å². The highest BCUT2D eigenvalue weighted by Gasteiger charge is 2.11. The molecule has 0 saturated carbocycles. The number of benzene rings is 3. The lowest BCUT2D eigenvalue weighted by Crippen LogP contribution is -1.95. The summed E-state index contributed by atoms with van der Waals surface area (Å²) in [5.74, 6) is 0.776. The van der Waals surface area contributed by atoms with E-state index in [4.69, 9.17) is 4.98 Å². The monoisotopic (exact) mass is 303 g/mol. The Morgan fingerprint density at radius 2 is 1.41 bits per heavy atom. The third-order valence-electron chi connectivity index (χ3n) is 3.65. The first kappa shape index (κ1) is 13.2. The second kappa shape index (κ2) is 5.39. The third-order valence-corrected chi connectivity index (χ3v) is 4.49. The van der Waals surface area contributed by atoms with Crippen molar-refractivity contribution in [3.8, 4) is 0 Å². The van der Waals surface area contributed by atoms with E-state index in [9.17, 15) is 0 Å². The van der Waals surface area contributed by atoms with Crippen LogP contribution in [0.1, 0.15) is 0 Å². The van der Waals surface area contributed by atoms with Gasteiger partial charge in [0.1, 0.15) is 11.0 Å². The summed E-state index contributed by atoms with van der Waals surface area (Å²) >= 11 is 1.55. The number of hydrogen-bond donors (Lipinski definition) is 0. The first-order valence-corrected chi connectivity index (χ1v) is 8.04. The molecule has 0 radical (unpaired) electrons. The van der Waals surface area contributed by atoms with Gasteiger partial charge in [-0.15, -0.1) is 16.8 Å². The summed E-state index contributed by atoms with van der Waals surface area (Å²) in [7, 11) is 0. The van der Waals surface area contributed by atoms with Crippen molar-refractivity contribution in [3.05, 3.63) is 61.2 Å². The third kappa shape index (κ3) is 2.04. The van der Waals surface area contributed by atoms with Gasteiger partial charge in [0.05, 0.1) is 0 Å². The maximum atomic E-state index is 4.73. The summed E-state index contributed by atoms with van der Waals surface area (Å²) in [6.45, 7) is 3.73. The predicted molar refractivity (Wildman–Crippen MR) is 93.3 cm³/mol. The molecule has 4 aromatic rings. The zero-order valence-corrected chi connectivity index (χ0v) is 12.7. The minimum atomic E-state index is 0.688. The molecule has 0 fully saturated rings. The van der Waals surface area contributed by atoms with Gasteiger partial charge in [-0.25, -0.2) is 4.98 Å². The number of aromatic nitrogens is 3. The van der Waals surface area contributed by atoms with Crippen molar-refractivity contribution in [2.24, 2.45) is 0 Å². The topological polar surface area (TPSA) is 38.7 Å². The lowest BCUT2D eigenvalue weighted by atomic mass is 10.00. The molecular formula is C18H13N3S. The molecule has 0 spiro atoms. The predicted octanol–water partition coefficient (Wildman–Crippen LogP) is 4.61. The maximum Gasteiger partial charge on any atom is 0.209 e. The highest BCUT2D eigenvalue weighted by atomic mass is 32.2. The summed E-state index contributed by atoms with van der Waals surface area (Å²) in [5, 5.41) is 14.0. The first-order valence-electron chi connectivity index (χ1n) is 7.06. The molecule has 0 aliphatic rings. The van der Waals surface area contributed by atoms with Crippen LogP contribution in [0.5, 0.6) is 0 Å². The van der Waals surface area contributed by atoms with Gasteiger partial charge >= 0.3 is 0 Å². The second-order valence-electron chi connectivity index (χ2n) is 4.98. The van der Waals surface area contributed by atoms with Crippen molar-refractivity contribution < 1.29 is 0 Å². The van der Waals surface area contributed by atoms with E-state index in [0.717, 1.165) is 27.6 Å². The lowest BCUT2D eigenvalue weighted by Gasteiger charge is -2.08. The SMILES string of the molecule is C=CCSc1nnc2c3ccccc3c3ccccc3c2n1. The van der Waals surface area contributed by atoms with Crippen molar-refractivity contribution in [2.45, 2.75) is 5.16 Å². The van der Waals surface area contributed by atoms with Crippen molar-refractivity contribution in [1.82, 2.24) is 15.2 Å². The van der Waals surface area contributed by atoms with Gasteiger partial charge in [-0.05, 0) is 10.8 Å². The fraction of sp³-hybridized carbons (Fsp3) is 0.0556. The van der Waals surface area contributed by atoms with Gasteiger partial charge in [0.15, 0.2) is 0 Å². The fourth-order valence-corrected chi connectivity index (χ4v) is 3.25. The standard InChI is InChI=1S/C18H13N3S/c1-2-11-22-18-19-16-14-9-5-3-7-12(14)13-8-4-6-10-15(13)17(16)20-21-18/h2-10H,1,11H2. The molecule has 0 unspecified atom stereocenters. The summed E-state index contributed by atoms with van der Waals surface area (Å²) in [6, 6.07) is 16.6. The molecule has 0 saturated heterocycles. The molecule has 0 amide bonds. The van der Waals surface area contributed by atoms with Crippen LogP contribution in [0, 0.1) is 0 Å². The van der Waals surface area contributed by atoms with Crippen LogP contribution in [0.25, 0.3) is 32.6 Å². The molecule has 4 heteroatoms. The molecule has 0 aliphatic carbocycles. The van der Waals surface area contributed by atoms with E-state index in [1.54, 1.807) is 11.8 Å². The molecule has 0 aliphatic heterocycles. The average molecular weight is 303 g/mol. The summed E-state index contributed by atoms with van der Waals surface area (Å²) < 4.78 is 0. The van der Waals surface area contributed by atoms with E-state index in [0.29, 0.717) is 5.16 Å². The molecule has 1 heterocycles. The molecule has 4 rings (SSSR count). The molecule has 22 heavy (non-hydrogen) atoms. The molecule has 3 nitrogen and oxygen atoms in total. The van der Waals surface area contributed by atoms with E-state index < -0.39 is 0 Å². The molecule has 3 aromatic carbocycles. The van der Waals surface area contributed by atoms with E-state index in [1.807, 2.05) is 18.2 Å². The van der Waals surface area contributed by atoms with Gasteiger partial charge in [0.25, 0.3) is 0 Å². The Labute approximate surface area is 132 Å². The number of fused-ring (bicyclic) bond motifs is 6. The highest BCUT2D eigenvalue weighted by molar-refractivity contribution is 7.99. The summed E-state index contributed by atoms with van der Waals surface area (Å²) in [5.41, 5.74) is 1.77. The van der Waals surface area contributed by atoms with Gasteiger partial charge < -0.3 is 0 Å². The maximum absolute atomic E-state index is 4.73. The van der Waals surface area contributed by atoms with Gasteiger partial charge in [-0.3, -0.25) is 0 Å². The van der Waals surface area contributed by atoms with Gasteiger partial charge in [-0.1, -0.05) is 66.4 Å². The summed E-state index contributed by atoms with van der Waals surface area (Å²) in [6.07, 6.45) is 1.84. The normalized spacial score (nSPS) is 11.3. The minimum absolute atomic E-state index is 0.688. The van der Waals surface area contributed by atoms with Gasteiger partial charge in [-0.2, -0.15) is 0 Å². The molecule has 106 valence electrons. The molecule has 0 atom stereocenters. The zero-order chi connectivity index (χ0) is 14.9. The van der Waals surface area contributed by atoms with E-state index in [1.165, 1.54) is 10.8 Å². The quantitative estimate of drug-likeness (QED) is 0.315. The van der Waals surface area contributed by atoms with Crippen LogP contribution in [0.4, 0.5) is 0 Å². The minimum Gasteiger partial charge on any atom is -0.219 e. The largest absolute Gasteiger partial charge is 0.219 e. The van der Waals surface area contributed by atoms with Crippen LogP contribution < -0.4 is 0 Å². The van der Waals surface area contributed by atoms with Crippen molar-refractivity contribution in [1.29, 1.82) is 0 Å². The number of nitrogens with zero attached hydrogens (tertiary/aromatic N) is 3. The van der Waals surface area contributed by atoms with Crippen molar-refractivity contribution in [3.63, 3.8) is 0 Å². The Balaban J connectivity index is 2.14. The zero-order valence-electron chi connectivity index (χ0n) is 11.9. The number of thioether (sulfide) groups is 1. The number of rotatable bonds is 3. The molecule has 1 aromatic heterocycles. The first-order chi connectivity index (χ1) is 10.9. The van der Waals surface area contributed by atoms with Gasteiger partial charge in [0, 0.05) is 16.5 Å². The van der Waals surface area contributed by atoms with Crippen LogP contribution in [0.2, 0.25) is 0 Å². The number of hydrogen-bond acceptors (Lipinski definition) is 4. The second-order valence-corrected chi connectivity index (χ2v) is 5.97. The molecule has 0 N–H and O–H groups in total. The van der Waals surface area contributed by atoms with Crippen LogP contribution >= 0.6 is 11.8 Å². The fourth-order valence-electron chi connectivity index (χ4n) is 2.72. The molecule has 0 bridgehead atoms. The highest BCUT2D eigenvalue weighted by Crippen LogP contribution is 2.33. The average Bonchev–Trinajstić information content (AvgIpc) is 2.60. The van der Waals surface area contributed by atoms with Crippen molar-refractivity contribution in [2.75, 3.05) is 5.75 Å². The smallest absolute Gasteiger partial charge is 0.209 e. The van der Waals surface area contributed by atoms with E-state index >= 15 is 0 Å². The van der Waals surface area contributed by atoms with Crippen LogP contribution in [0.3, 0.4) is 0 Å². The Morgan fingerprint density at radius 3 is 2.05 bits per heavy atom.